The Hall–Kier alpha value is -1.24. The van der Waals surface area contributed by atoms with Crippen LogP contribution >= 0.6 is 0 Å². The van der Waals surface area contributed by atoms with E-state index in [1.807, 2.05) is 30.3 Å². The molecule has 0 aliphatic heterocycles. The lowest BCUT2D eigenvalue weighted by atomic mass is 9.84. The molecule has 24 heavy (non-hydrogen) atoms. The van der Waals surface area contributed by atoms with Gasteiger partial charge in [-0.05, 0) is 56.6 Å². The molecule has 134 valence electrons. The van der Waals surface area contributed by atoms with Crippen LogP contribution in [0.25, 0.3) is 0 Å². The van der Waals surface area contributed by atoms with Gasteiger partial charge < -0.3 is 4.74 Å². The highest BCUT2D eigenvalue weighted by Crippen LogP contribution is 2.30. The van der Waals surface area contributed by atoms with Crippen LogP contribution in [0.5, 0.6) is 5.75 Å². The minimum Gasteiger partial charge on any atom is -0.494 e. The fraction of sp³-hybridized carbons (Fsp3) is 0.652. The molecule has 1 aliphatic rings. The Morgan fingerprint density at radius 2 is 1.79 bits per heavy atom. The third kappa shape index (κ3) is 8.04. The van der Waals surface area contributed by atoms with Crippen LogP contribution in [0.15, 0.2) is 42.0 Å². The average Bonchev–Trinajstić information content (AvgIpc) is 2.63. The van der Waals surface area contributed by atoms with Gasteiger partial charge in [0.2, 0.25) is 0 Å². The third-order valence-electron chi connectivity index (χ3n) is 5.23. The summed E-state index contributed by atoms with van der Waals surface area (Å²) in [6, 6.07) is 10.2. The van der Waals surface area contributed by atoms with Gasteiger partial charge in [0.05, 0.1) is 6.61 Å². The van der Waals surface area contributed by atoms with Crippen LogP contribution in [-0.2, 0) is 0 Å². The molecule has 0 aromatic heterocycles. The number of rotatable bonds is 12. The van der Waals surface area contributed by atoms with Gasteiger partial charge in [0, 0.05) is 0 Å². The first-order chi connectivity index (χ1) is 11.9. The molecular weight excluding hydrogens is 292 g/mol. The fourth-order valence-corrected chi connectivity index (χ4v) is 3.63. The minimum absolute atomic E-state index is 0.845. The van der Waals surface area contributed by atoms with Gasteiger partial charge >= 0.3 is 0 Å². The van der Waals surface area contributed by atoms with Crippen molar-refractivity contribution in [2.45, 2.75) is 84.0 Å². The van der Waals surface area contributed by atoms with Crippen molar-refractivity contribution in [2.24, 2.45) is 5.92 Å². The summed E-state index contributed by atoms with van der Waals surface area (Å²) in [6.07, 6.45) is 18.9. The predicted molar refractivity (Wildman–Crippen MR) is 105 cm³/mol. The van der Waals surface area contributed by atoms with Gasteiger partial charge in [-0.1, -0.05) is 75.3 Å². The number of unbranched alkanes of at least 4 members (excludes halogenated alkanes) is 5. The highest BCUT2D eigenvalue weighted by molar-refractivity contribution is 5.20. The number of allylic oxidation sites excluding steroid dienone is 2. The van der Waals surface area contributed by atoms with Crippen molar-refractivity contribution in [2.75, 3.05) is 6.61 Å². The molecule has 0 saturated carbocycles. The molecule has 2 rings (SSSR count). The van der Waals surface area contributed by atoms with Crippen LogP contribution < -0.4 is 4.74 Å². The van der Waals surface area contributed by atoms with Crippen molar-refractivity contribution >= 4 is 0 Å². The predicted octanol–water partition coefficient (Wildman–Crippen LogP) is 7.32. The smallest absolute Gasteiger partial charge is 0.119 e. The van der Waals surface area contributed by atoms with Crippen molar-refractivity contribution in [3.8, 4) is 5.75 Å². The maximum atomic E-state index is 5.77. The lowest BCUT2D eigenvalue weighted by Gasteiger charge is -2.22. The van der Waals surface area contributed by atoms with Crippen molar-refractivity contribution in [1.29, 1.82) is 0 Å². The number of hydrogen-bond acceptors (Lipinski definition) is 1. The van der Waals surface area contributed by atoms with Gasteiger partial charge in [0.1, 0.15) is 5.75 Å². The summed E-state index contributed by atoms with van der Waals surface area (Å²) < 4.78 is 5.77. The van der Waals surface area contributed by atoms with E-state index in [0.29, 0.717) is 0 Å². The van der Waals surface area contributed by atoms with Crippen molar-refractivity contribution in [3.63, 3.8) is 0 Å². The largest absolute Gasteiger partial charge is 0.494 e. The summed E-state index contributed by atoms with van der Waals surface area (Å²) >= 11 is 0. The Balaban J connectivity index is 1.49. The molecule has 1 aliphatic carbocycles. The number of para-hydroxylation sites is 1. The minimum atomic E-state index is 0.845. The molecule has 0 saturated heterocycles. The fourth-order valence-electron chi connectivity index (χ4n) is 3.63. The molecule has 0 bridgehead atoms. The molecular formula is C23H36O. The van der Waals surface area contributed by atoms with Crippen molar-refractivity contribution < 1.29 is 4.74 Å². The zero-order valence-corrected chi connectivity index (χ0v) is 15.6. The Labute approximate surface area is 149 Å². The maximum Gasteiger partial charge on any atom is 0.119 e. The highest BCUT2D eigenvalue weighted by atomic mass is 16.5. The van der Waals surface area contributed by atoms with E-state index in [1.165, 1.54) is 70.6 Å². The second-order valence-electron chi connectivity index (χ2n) is 7.32. The first kappa shape index (κ1) is 19.1. The zero-order chi connectivity index (χ0) is 16.9. The second kappa shape index (κ2) is 12.2. The quantitative estimate of drug-likeness (QED) is 0.288. The zero-order valence-electron chi connectivity index (χ0n) is 15.6. The van der Waals surface area contributed by atoms with Gasteiger partial charge in [-0.25, -0.2) is 0 Å². The standard InChI is InChI=1S/C23H36O/c1-2-3-4-5-7-12-21-16-18-22(19-17-21)13-10-11-20-24-23-14-8-6-9-15-23/h6,8-9,14-15,18,21H,2-5,7,10-13,16-17,19-20H2,1H3. The maximum absolute atomic E-state index is 5.77. The summed E-state index contributed by atoms with van der Waals surface area (Å²) in [4.78, 5) is 0. The van der Waals surface area contributed by atoms with Crippen LogP contribution in [0.3, 0.4) is 0 Å². The van der Waals surface area contributed by atoms with Gasteiger partial charge in [-0.3, -0.25) is 0 Å². The number of ether oxygens (including phenoxy) is 1. The van der Waals surface area contributed by atoms with E-state index in [9.17, 15) is 0 Å². The molecule has 0 heterocycles. The second-order valence-corrected chi connectivity index (χ2v) is 7.32. The summed E-state index contributed by atoms with van der Waals surface area (Å²) in [5, 5.41) is 0. The Bertz CT molecular complexity index is 448. The summed E-state index contributed by atoms with van der Waals surface area (Å²) in [5.41, 5.74) is 1.71. The molecule has 1 heteroatoms. The topological polar surface area (TPSA) is 9.23 Å². The average molecular weight is 329 g/mol. The summed E-state index contributed by atoms with van der Waals surface area (Å²) in [6.45, 7) is 3.14. The normalized spacial score (nSPS) is 17.5. The van der Waals surface area contributed by atoms with E-state index in [2.05, 4.69) is 13.0 Å². The Morgan fingerprint density at radius 3 is 2.54 bits per heavy atom. The van der Waals surface area contributed by atoms with Crippen LogP contribution in [0.2, 0.25) is 0 Å². The molecule has 1 aromatic carbocycles. The molecule has 0 N–H and O–H groups in total. The summed E-state index contributed by atoms with van der Waals surface area (Å²) in [5.74, 6) is 1.97. The van der Waals surface area contributed by atoms with Crippen LogP contribution in [-0.4, -0.2) is 6.61 Å². The monoisotopic (exact) mass is 328 g/mol. The van der Waals surface area contributed by atoms with E-state index in [4.69, 9.17) is 4.74 Å². The van der Waals surface area contributed by atoms with E-state index in [-0.39, 0.29) is 0 Å². The summed E-state index contributed by atoms with van der Waals surface area (Å²) in [7, 11) is 0. The molecule has 0 amide bonds. The van der Waals surface area contributed by atoms with E-state index in [1.54, 1.807) is 5.57 Å². The SMILES string of the molecule is CCCCCCCC1CC=C(CCCCOc2ccccc2)CC1. The van der Waals surface area contributed by atoms with Crippen molar-refractivity contribution in [1.82, 2.24) is 0 Å². The first-order valence-electron chi connectivity index (χ1n) is 10.2. The third-order valence-corrected chi connectivity index (χ3v) is 5.23. The lowest BCUT2D eigenvalue weighted by molar-refractivity contribution is 0.306. The highest BCUT2D eigenvalue weighted by Gasteiger charge is 2.13. The molecule has 0 spiro atoms. The van der Waals surface area contributed by atoms with Crippen molar-refractivity contribution in [3.05, 3.63) is 42.0 Å². The first-order valence-corrected chi connectivity index (χ1v) is 10.2. The molecule has 0 fully saturated rings. The molecule has 1 unspecified atom stereocenters. The Morgan fingerprint density at radius 1 is 0.958 bits per heavy atom. The molecule has 1 atom stereocenters. The van der Waals surface area contributed by atoms with E-state index < -0.39 is 0 Å². The van der Waals surface area contributed by atoms with Gasteiger partial charge in [-0.2, -0.15) is 0 Å². The van der Waals surface area contributed by atoms with E-state index in [0.717, 1.165) is 24.7 Å². The van der Waals surface area contributed by atoms with Crippen LogP contribution in [0.4, 0.5) is 0 Å². The van der Waals surface area contributed by atoms with Gasteiger partial charge in [0.25, 0.3) is 0 Å². The Kier molecular flexibility index (Phi) is 9.68. The van der Waals surface area contributed by atoms with E-state index >= 15 is 0 Å². The number of hydrogen-bond donors (Lipinski definition) is 0. The van der Waals surface area contributed by atoms with Gasteiger partial charge in [0.15, 0.2) is 0 Å². The lowest BCUT2D eigenvalue weighted by Crippen LogP contribution is -2.06. The molecule has 0 radical (unpaired) electrons. The van der Waals surface area contributed by atoms with Crippen LogP contribution in [0, 0.1) is 5.92 Å². The number of benzene rings is 1. The van der Waals surface area contributed by atoms with Gasteiger partial charge in [-0.15, -0.1) is 0 Å². The molecule has 1 nitrogen and oxygen atoms in total. The van der Waals surface area contributed by atoms with Crippen LogP contribution in [0.1, 0.15) is 84.0 Å². The molecule has 1 aromatic rings.